The van der Waals surface area contributed by atoms with Gasteiger partial charge in [0.1, 0.15) is 0 Å². The van der Waals surface area contributed by atoms with Gasteiger partial charge in [-0.05, 0) is 24.3 Å². The number of aromatic nitrogens is 4. The smallest absolute Gasteiger partial charge is 0.449 e. The molecule has 0 aliphatic heterocycles. The second-order valence-corrected chi connectivity index (χ2v) is 6.51. The lowest BCUT2D eigenvalue weighted by molar-refractivity contribution is -0.146. The summed E-state index contributed by atoms with van der Waals surface area (Å²) in [4.78, 5) is 31.4. The number of nitrogens with one attached hydrogen (secondary N) is 2. The lowest BCUT2D eigenvalue weighted by Gasteiger charge is -2.09. The van der Waals surface area contributed by atoms with Crippen LogP contribution in [0.1, 0.15) is 32.9 Å². The maximum atomic E-state index is 13.4. The Bertz CT molecular complexity index is 1250. The molecular formula is C19H15F3N6O4. The Morgan fingerprint density at radius 2 is 1.75 bits per heavy atom. The number of rotatable bonds is 7. The Morgan fingerprint density at radius 3 is 2.47 bits per heavy atom. The van der Waals surface area contributed by atoms with Crippen LogP contribution in [0, 0.1) is 0 Å². The molecule has 2 N–H and O–H groups in total. The molecule has 2 amide bonds. The van der Waals surface area contributed by atoms with Crippen molar-refractivity contribution in [3.63, 3.8) is 0 Å². The van der Waals surface area contributed by atoms with Crippen LogP contribution in [0.3, 0.4) is 0 Å². The normalized spacial score (nSPS) is 11.6. The number of imidazole rings is 1. The molecule has 32 heavy (non-hydrogen) atoms. The van der Waals surface area contributed by atoms with E-state index in [-0.39, 0.29) is 35.7 Å². The third-order valence-corrected chi connectivity index (χ3v) is 4.31. The molecule has 0 saturated heterocycles. The average molecular weight is 448 g/mol. The maximum Gasteiger partial charge on any atom is 0.449 e. The SMILES string of the molecule is O=C(NCCNC(=O)c1nc(Cn2c(C(F)(F)F)nc3ccccc32)no1)c1ccco1. The van der Waals surface area contributed by atoms with Crippen molar-refractivity contribution < 1.29 is 31.7 Å². The number of hydrogen-bond acceptors (Lipinski definition) is 7. The highest BCUT2D eigenvalue weighted by Gasteiger charge is 2.38. The number of amides is 2. The molecule has 0 aliphatic carbocycles. The molecule has 0 bridgehead atoms. The number of fused-ring (bicyclic) bond motifs is 1. The first kappa shape index (κ1) is 21.1. The van der Waals surface area contributed by atoms with E-state index in [4.69, 9.17) is 8.94 Å². The summed E-state index contributed by atoms with van der Waals surface area (Å²) >= 11 is 0. The molecule has 166 valence electrons. The minimum absolute atomic E-state index is 0.0490. The highest BCUT2D eigenvalue weighted by molar-refractivity contribution is 5.91. The molecule has 4 aromatic rings. The van der Waals surface area contributed by atoms with Crippen molar-refractivity contribution in [3.8, 4) is 0 Å². The van der Waals surface area contributed by atoms with E-state index in [0.717, 1.165) is 4.57 Å². The Balaban J connectivity index is 1.39. The summed E-state index contributed by atoms with van der Waals surface area (Å²) in [7, 11) is 0. The van der Waals surface area contributed by atoms with Gasteiger partial charge in [0.15, 0.2) is 11.6 Å². The van der Waals surface area contributed by atoms with Crippen molar-refractivity contribution >= 4 is 22.8 Å². The molecule has 0 unspecified atom stereocenters. The van der Waals surface area contributed by atoms with Gasteiger partial charge in [-0.25, -0.2) is 4.98 Å². The maximum absolute atomic E-state index is 13.4. The molecule has 0 aliphatic rings. The fourth-order valence-electron chi connectivity index (χ4n) is 2.93. The van der Waals surface area contributed by atoms with E-state index < -0.39 is 36.3 Å². The fraction of sp³-hybridized carbons (Fsp3) is 0.211. The van der Waals surface area contributed by atoms with E-state index in [1.54, 1.807) is 18.2 Å². The summed E-state index contributed by atoms with van der Waals surface area (Å²) in [5, 5.41) is 8.58. The molecule has 3 aromatic heterocycles. The van der Waals surface area contributed by atoms with Crippen molar-refractivity contribution in [2.75, 3.05) is 13.1 Å². The molecule has 10 nitrogen and oxygen atoms in total. The first-order chi connectivity index (χ1) is 15.3. The summed E-state index contributed by atoms with van der Waals surface area (Å²) in [6, 6.07) is 9.16. The Kier molecular flexibility index (Phi) is 5.62. The van der Waals surface area contributed by atoms with E-state index in [0.29, 0.717) is 0 Å². The van der Waals surface area contributed by atoms with Crippen LogP contribution in [0.2, 0.25) is 0 Å². The van der Waals surface area contributed by atoms with Crippen molar-refractivity contribution in [1.82, 2.24) is 30.3 Å². The van der Waals surface area contributed by atoms with Gasteiger partial charge in [-0.3, -0.25) is 9.59 Å². The van der Waals surface area contributed by atoms with Gasteiger partial charge in [-0.15, -0.1) is 0 Å². The van der Waals surface area contributed by atoms with Gasteiger partial charge in [0.25, 0.3) is 5.91 Å². The first-order valence-electron chi connectivity index (χ1n) is 9.28. The summed E-state index contributed by atoms with van der Waals surface area (Å²) < 4.78 is 50.9. The Hall–Kier alpha value is -4.16. The third-order valence-electron chi connectivity index (χ3n) is 4.31. The van der Waals surface area contributed by atoms with E-state index in [1.165, 1.54) is 24.5 Å². The molecular weight excluding hydrogens is 433 g/mol. The van der Waals surface area contributed by atoms with Crippen molar-refractivity contribution in [2.45, 2.75) is 12.7 Å². The van der Waals surface area contributed by atoms with Gasteiger partial charge in [0, 0.05) is 13.1 Å². The lowest BCUT2D eigenvalue weighted by atomic mass is 10.3. The van der Waals surface area contributed by atoms with Gasteiger partial charge in [-0.2, -0.15) is 18.2 Å². The van der Waals surface area contributed by atoms with E-state index in [2.05, 4.69) is 25.8 Å². The van der Waals surface area contributed by atoms with E-state index in [9.17, 15) is 22.8 Å². The predicted molar refractivity (Wildman–Crippen MR) is 102 cm³/mol. The molecule has 1 aromatic carbocycles. The monoisotopic (exact) mass is 448 g/mol. The Labute approximate surface area is 177 Å². The van der Waals surface area contributed by atoms with Crippen molar-refractivity contribution in [3.05, 3.63) is 66.0 Å². The average Bonchev–Trinajstić information content (AvgIpc) is 3.51. The van der Waals surface area contributed by atoms with Crippen LogP contribution in [-0.4, -0.2) is 44.6 Å². The number of para-hydroxylation sites is 2. The second kappa shape index (κ2) is 8.53. The van der Waals surface area contributed by atoms with E-state index >= 15 is 0 Å². The molecule has 13 heteroatoms. The number of carbonyl (C=O) groups is 2. The molecule has 0 fully saturated rings. The lowest BCUT2D eigenvalue weighted by Crippen LogP contribution is -2.34. The van der Waals surface area contributed by atoms with Crippen LogP contribution >= 0.6 is 0 Å². The molecule has 4 rings (SSSR count). The van der Waals surface area contributed by atoms with Gasteiger partial charge >= 0.3 is 18.0 Å². The minimum atomic E-state index is -4.69. The number of nitrogens with zero attached hydrogens (tertiary/aromatic N) is 4. The highest BCUT2D eigenvalue weighted by atomic mass is 19.4. The summed E-state index contributed by atoms with van der Waals surface area (Å²) in [6.07, 6.45) is -3.34. The number of alkyl halides is 3. The molecule has 3 heterocycles. The predicted octanol–water partition coefficient (Wildman–Crippen LogP) is 2.24. The molecule has 0 atom stereocenters. The van der Waals surface area contributed by atoms with Crippen LogP contribution in [0.15, 0.2) is 51.6 Å². The summed E-state index contributed by atoms with van der Waals surface area (Å²) in [5.74, 6) is -2.71. The third kappa shape index (κ3) is 4.45. The van der Waals surface area contributed by atoms with Crippen molar-refractivity contribution in [2.24, 2.45) is 0 Å². The number of hydrogen-bond donors (Lipinski definition) is 2. The van der Waals surface area contributed by atoms with Crippen LogP contribution in [0.25, 0.3) is 11.0 Å². The number of halogens is 3. The number of carbonyl (C=O) groups excluding carboxylic acids is 2. The quantitative estimate of drug-likeness (QED) is 0.415. The van der Waals surface area contributed by atoms with Crippen molar-refractivity contribution in [1.29, 1.82) is 0 Å². The molecule has 0 saturated carbocycles. The second-order valence-electron chi connectivity index (χ2n) is 6.51. The molecule has 0 radical (unpaired) electrons. The van der Waals surface area contributed by atoms with Crippen LogP contribution < -0.4 is 10.6 Å². The van der Waals surface area contributed by atoms with Crippen LogP contribution in [-0.2, 0) is 12.7 Å². The zero-order chi connectivity index (χ0) is 22.7. The fourth-order valence-corrected chi connectivity index (χ4v) is 2.93. The highest BCUT2D eigenvalue weighted by Crippen LogP contribution is 2.31. The molecule has 0 spiro atoms. The standard InChI is InChI=1S/C19H15F3N6O4/c20-19(21,22)18-25-11-4-1-2-5-12(11)28(18)10-14-26-17(32-27-14)16(30)24-8-7-23-15(29)13-6-3-9-31-13/h1-6,9H,7-8,10H2,(H,23,29)(H,24,30). The Morgan fingerprint density at radius 1 is 1.00 bits per heavy atom. The summed E-state index contributed by atoms with van der Waals surface area (Å²) in [6.45, 7) is -0.249. The topological polar surface area (TPSA) is 128 Å². The summed E-state index contributed by atoms with van der Waals surface area (Å²) in [5.41, 5.74) is 0.404. The number of benzene rings is 1. The van der Waals surface area contributed by atoms with Crippen LogP contribution in [0.5, 0.6) is 0 Å². The van der Waals surface area contributed by atoms with Gasteiger partial charge < -0.3 is 24.1 Å². The minimum Gasteiger partial charge on any atom is -0.459 e. The zero-order valence-corrected chi connectivity index (χ0v) is 16.2. The zero-order valence-electron chi connectivity index (χ0n) is 16.2. The largest absolute Gasteiger partial charge is 0.459 e. The first-order valence-corrected chi connectivity index (χ1v) is 9.28. The van der Waals surface area contributed by atoms with Gasteiger partial charge in [-0.1, -0.05) is 17.3 Å². The van der Waals surface area contributed by atoms with Gasteiger partial charge in [0.2, 0.25) is 5.82 Å². The number of furan rings is 1. The van der Waals surface area contributed by atoms with Crippen LogP contribution in [0.4, 0.5) is 13.2 Å². The van der Waals surface area contributed by atoms with E-state index in [1.807, 2.05) is 0 Å². The van der Waals surface area contributed by atoms with Gasteiger partial charge in [0.05, 0.1) is 23.8 Å².